The van der Waals surface area contributed by atoms with Gasteiger partial charge in [0.25, 0.3) is 5.91 Å². The average molecular weight is 460 g/mol. The lowest BCUT2D eigenvalue weighted by Gasteiger charge is -2.32. The molecule has 2 aromatic rings. The Labute approximate surface area is 189 Å². The SMILES string of the molecule is CCNS(=O)(=O)c1ccc(C(=O)NC2CCN(C(=O)Cc3ccccc3OC)CC2)cc1. The Morgan fingerprint density at radius 2 is 1.72 bits per heavy atom. The Balaban J connectivity index is 1.51. The zero-order chi connectivity index (χ0) is 23.1. The number of nitrogens with zero attached hydrogens (tertiary/aromatic N) is 1. The van der Waals surface area contributed by atoms with Gasteiger partial charge in [-0.15, -0.1) is 0 Å². The summed E-state index contributed by atoms with van der Waals surface area (Å²) in [5.74, 6) is 0.486. The molecule has 0 unspecified atom stereocenters. The number of carbonyl (C=O) groups excluding carboxylic acids is 2. The van der Waals surface area contributed by atoms with E-state index < -0.39 is 10.0 Å². The van der Waals surface area contributed by atoms with Crippen LogP contribution >= 0.6 is 0 Å². The number of piperidine rings is 1. The van der Waals surface area contributed by atoms with Crippen molar-refractivity contribution in [1.29, 1.82) is 0 Å². The first-order valence-corrected chi connectivity index (χ1v) is 12.1. The van der Waals surface area contributed by atoms with Gasteiger partial charge >= 0.3 is 0 Å². The molecule has 1 aliphatic heterocycles. The van der Waals surface area contributed by atoms with Crippen LogP contribution in [0.5, 0.6) is 5.75 Å². The lowest BCUT2D eigenvalue weighted by molar-refractivity contribution is -0.131. The van der Waals surface area contributed by atoms with Gasteiger partial charge in [-0.1, -0.05) is 25.1 Å². The third-order valence-corrected chi connectivity index (χ3v) is 7.04. The highest BCUT2D eigenvalue weighted by molar-refractivity contribution is 7.89. The molecule has 172 valence electrons. The second kappa shape index (κ2) is 10.6. The molecule has 0 saturated carbocycles. The van der Waals surface area contributed by atoms with Gasteiger partial charge in [-0.3, -0.25) is 9.59 Å². The Morgan fingerprint density at radius 3 is 2.34 bits per heavy atom. The molecular formula is C23H29N3O5S. The molecule has 2 N–H and O–H groups in total. The molecule has 0 radical (unpaired) electrons. The first kappa shape index (κ1) is 23.7. The van der Waals surface area contributed by atoms with E-state index in [9.17, 15) is 18.0 Å². The van der Waals surface area contributed by atoms with Crippen molar-refractivity contribution in [3.8, 4) is 5.75 Å². The lowest BCUT2D eigenvalue weighted by Crippen LogP contribution is -2.47. The Morgan fingerprint density at radius 1 is 1.06 bits per heavy atom. The fourth-order valence-corrected chi connectivity index (χ4v) is 4.77. The van der Waals surface area contributed by atoms with Crippen LogP contribution in [0.2, 0.25) is 0 Å². The summed E-state index contributed by atoms with van der Waals surface area (Å²) in [6, 6.07) is 13.3. The number of rotatable bonds is 8. The van der Waals surface area contributed by atoms with E-state index in [4.69, 9.17) is 4.74 Å². The highest BCUT2D eigenvalue weighted by Gasteiger charge is 2.25. The van der Waals surface area contributed by atoms with Crippen LogP contribution in [-0.4, -0.2) is 57.9 Å². The molecule has 0 spiro atoms. The predicted molar refractivity (Wildman–Crippen MR) is 121 cm³/mol. The second-order valence-corrected chi connectivity index (χ2v) is 9.41. The molecule has 9 heteroatoms. The van der Waals surface area contributed by atoms with Crippen LogP contribution in [0.15, 0.2) is 53.4 Å². The molecular weight excluding hydrogens is 430 g/mol. The van der Waals surface area contributed by atoms with Crippen LogP contribution in [0.3, 0.4) is 0 Å². The molecule has 0 bridgehead atoms. The monoisotopic (exact) mass is 459 g/mol. The molecule has 1 fully saturated rings. The van der Waals surface area contributed by atoms with E-state index in [0.717, 1.165) is 5.56 Å². The summed E-state index contributed by atoms with van der Waals surface area (Å²) in [5.41, 5.74) is 1.25. The van der Waals surface area contributed by atoms with Crippen LogP contribution in [0.4, 0.5) is 0 Å². The van der Waals surface area contributed by atoms with Crippen LogP contribution in [0, 0.1) is 0 Å². The zero-order valence-electron chi connectivity index (χ0n) is 18.3. The van der Waals surface area contributed by atoms with E-state index in [1.807, 2.05) is 29.2 Å². The van der Waals surface area contributed by atoms with Crippen molar-refractivity contribution in [2.24, 2.45) is 0 Å². The normalized spacial score (nSPS) is 14.8. The number of carbonyl (C=O) groups is 2. The summed E-state index contributed by atoms with van der Waals surface area (Å²) in [4.78, 5) is 27.2. The molecule has 8 nitrogen and oxygen atoms in total. The standard InChI is InChI=1S/C23H29N3O5S/c1-3-24-32(29,30)20-10-8-17(9-11-20)23(28)25-19-12-14-26(15-13-19)22(27)16-18-6-4-5-7-21(18)31-2/h4-11,19,24H,3,12-16H2,1-2H3,(H,25,28). The number of likely N-dealkylation sites (tertiary alicyclic amines) is 1. The number of hydrogen-bond acceptors (Lipinski definition) is 5. The van der Waals surface area contributed by atoms with Gasteiger partial charge in [-0.25, -0.2) is 13.1 Å². The number of ether oxygens (including phenoxy) is 1. The quantitative estimate of drug-likeness (QED) is 0.628. The van der Waals surface area contributed by atoms with Gasteiger partial charge in [0.2, 0.25) is 15.9 Å². The molecule has 1 heterocycles. The van der Waals surface area contributed by atoms with Crippen molar-refractivity contribution in [3.05, 3.63) is 59.7 Å². The number of hydrogen-bond donors (Lipinski definition) is 2. The van der Waals surface area contributed by atoms with Crippen molar-refractivity contribution in [2.75, 3.05) is 26.7 Å². The predicted octanol–water partition coefficient (Wildman–Crippen LogP) is 1.96. The topological polar surface area (TPSA) is 105 Å². The minimum absolute atomic E-state index is 0.0387. The van der Waals surface area contributed by atoms with Gasteiger partial charge in [0, 0.05) is 36.8 Å². The molecule has 32 heavy (non-hydrogen) atoms. The van der Waals surface area contributed by atoms with E-state index in [1.165, 1.54) is 24.3 Å². The van der Waals surface area contributed by atoms with Crippen LogP contribution in [0.25, 0.3) is 0 Å². The average Bonchev–Trinajstić information content (AvgIpc) is 2.80. The summed E-state index contributed by atoms with van der Waals surface area (Å²) in [5, 5.41) is 2.98. The van der Waals surface area contributed by atoms with Gasteiger partial charge in [-0.2, -0.15) is 0 Å². The fraction of sp³-hybridized carbons (Fsp3) is 0.391. The molecule has 0 aliphatic carbocycles. The highest BCUT2D eigenvalue weighted by Crippen LogP contribution is 2.20. The molecule has 2 aromatic carbocycles. The van der Waals surface area contributed by atoms with Gasteiger partial charge < -0.3 is 15.0 Å². The molecule has 3 rings (SSSR count). The first-order valence-electron chi connectivity index (χ1n) is 10.6. The fourth-order valence-electron chi connectivity index (χ4n) is 3.72. The minimum atomic E-state index is -3.55. The van der Waals surface area contributed by atoms with Crippen molar-refractivity contribution >= 4 is 21.8 Å². The minimum Gasteiger partial charge on any atom is -0.496 e. The molecule has 2 amide bonds. The van der Waals surface area contributed by atoms with Gasteiger partial charge in [-0.05, 0) is 43.2 Å². The van der Waals surface area contributed by atoms with Crippen molar-refractivity contribution < 1.29 is 22.7 Å². The summed E-state index contributed by atoms with van der Waals surface area (Å²) in [7, 11) is -1.96. The van der Waals surface area contributed by atoms with Crippen LogP contribution in [-0.2, 0) is 21.2 Å². The summed E-state index contributed by atoms with van der Waals surface area (Å²) in [6.07, 6.45) is 1.61. The van der Waals surface area contributed by atoms with Crippen molar-refractivity contribution in [1.82, 2.24) is 14.9 Å². The number of para-hydroxylation sites is 1. The van der Waals surface area contributed by atoms with Crippen molar-refractivity contribution in [2.45, 2.75) is 37.1 Å². The molecule has 0 atom stereocenters. The van der Waals surface area contributed by atoms with Gasteiger partial charge in [0.15, 0.2) is 0 Å². The van der Waals surface area contributed by atoms with E-state index in [0.29, 0.717) is 43.8 Å². The van der Waals surface area contributed by atoms with E-state index in [2.05, 4.69) is 10.0 Å². The largest absolute Gasteiger partial charge is 0.496 e. The highest BCUT2D eigenvalue weighted by atomic mass is 32.2. The number of amides is 2. The van der Waals surface area contributed by atoms with Gasteiger partial charge in [0.05, 0.1) is 18.4 Å². The number of benzene rings is 2. The third kappa shape index (κ3) is 5.86. The zero-order valence-corrected chi connectivity index (χ0v) is 19.2. The summed E-state index contributed by atoms with van der Waals surface area (Å²) in [6.45, 7) is 3.14. The Hall–Kier alpha value is -2.91. The van der Waals surface area contributed by atoms with Crippen LogP contribution in [0.1, 0.15) is 35.7 Å². The van der Waals surface area contributed by atoms with E-state index >= 15 is 0 Å². The third-order valence-electron chi connectivity index (χ3n) is 5.48. The molecule has 1 saturated heterocycles. The number of sulfonamides is 1. The summed E-state index contributed by atoms with van der Waals surface area (Å²) >= 11 is 0. The Bertz CT molecular complexity index is 1050. The maximum atomic E-state index is 12.7. The maximum absolute atomic E-state index is 12.7. The molecule has 1 aliphatic rings. The van der Waals surface area contributed by atoms with E-state index in [-0.39, 0.29) is 29.2 Å². The molecule has 0 aromatic heterocycles. The van der Waals surface area contributed by atoms with E-state index in [1.54, 1.807) is 14.0 Å². The van der Waals surface area contributed by atoms with Gasteiger partial charge in [0.1, 0.15) is 5.75 Å². The number of nitrogens with one attached hydrogen (secondary N) is 2. The summed E-state index contributed by atoms with van der Waals surface area (Å²) < 4.78 is 31.8. The van der Waals surface area contributed by atoms with Crippen LogP contribution < -0.4 is 14.8 Å². The number of methoxy groups -OCH3 is 1. The maximum Gasteiger partial charge on any atom is 0.251 e. The first-order chi connectivity index (χ1) is 15.3. The van der Waals surface area contributed by atoms with Crippen molar-refractivity contribution in [3.63, 3.8) is 0 Å². The second-order valence-electron chi connectivity index (χ2n) is 7.64. The smallest absolute Gasteiger partial charge is 0.251 e. The lowest BCUT2D eigenvalue weighted by atomic mass is 10.0. The Kier molecular flexibility index (Phi) is 7.87.